The lowest BCUT2D eigenvalue weighted by Gasteiger charge is -1.89. The molecule has 0 fully saturated rings. The van der Waals surface area contributed by atoms with Crippen LogP contribution in [0.1, 0.15) is 13.8 Å². The van der Waals surface area contributed by atoms with E-state index < -0.39 is 0 Å². The Morgan fingerprint density at radius 1 is 0.688 bits per heavy atom. The molecule has 0 spiro atoms. The molecule has 0 saturated heterocycles. The molecule has 0 heterocycles. The molecule has 0 bridgehead atoms. The highest BCUT2D eigenvalue weighted by Gasteiger charge is 1.86. The van der Waals surface area contributed by atoms with E-state index in [9.17, 15) is 0 Å². The molecule has 0 aromatic heterocycles. The first kappa shape index (κ1) is 17.4. The molecular formula is C14H18Cl2. The second-order valence-corrected chi connectivity index (χ2v) is 3.69. The van der Waals surface area contributed by atoms with Crippen LogP contribution in [0.3, 0.4) is 0 Å². The van der Waals surface area contributed by atoms with E-state index in [0.29, 0.717) is 10.1 Å². The molecule has 0 N–H and O–H groups in total. The van der Waals surface area contributed by atoms with Gasteiger partial charge in [0.2, 0.25) is 0 Å². The number of hydrogen-bond donors (Lipinski definition) is 0. The molecular weight excluding hydrogens is 239 g/mol. The average molecular weight is 257 g/mol. The molecule has 0 aliphatic heterocycles. The number of rotatable bonds is 4. The van der Waals surface area contributed by atoms with Crippen LogP contribution < -0.4 is 0 Å². The zero-order chi connectivity index (χ0) is 13.1. The van der Waals surface area contributed by atoms with Crippen molar-refractivity contribution in [3.8, 4) is 0 Å². The van der Waals surface area contributed by atoms with E-state index in [1.807, 2.05) is 13.8 Å². The second-order valence-electron chi connectivity index (χ2n) is 2.88. The monoisotopic (exact) mass is 256 g/mol. The summed E-state index contributed by atoms with van der Waals surface area (Å²) in [5, 5.41) is 1.33. The molecule has 16 heavy (non-hydrogen) atoms. The zero-order valence-corrected chi connectivity index (χ0v) is 11.4. The van der Waals surface area contributed by atoms with Crippen molar-refractivity contribution in [1.82, 2.24) is 0 Å². The second kappa shape index (κ2) is 10.5. The van der Waals surface area contributed by atoms with Crippen LogP contribution in [0.2, 0.25) is 0 Å². The molecule has 0 unspecified atom stereocenters. The third kappa shape index (κ3) is 8.34. The highest BCUT2D eigenvalue weighted by molar-refractivity contribution is 6.31. The predicted octanol–water partition coefficient (Wildman–Crippen LogP) is 5.74. The Morgan fingerprint density at radius 3 is 1.00 bits per heavy atom. The third-order valence-electron chi connectivity index (χ3n) is 1.72. The lowest BCUT2D eigenvalue weighted by atomic mass is 10.3. The molecule has 0 atom stereocenters. The van der Waals surface area contributed by atoms with Crippen molar-refractivity contribution < 1.29 is 0 Å². The molecule has 0 aromatic rings. The van der Waals surface area contributed by atoms with Crippen molar-refractivity contribution in [2.24, 2.45) is 0 Å². The molecule has 0 nitrogen and oxygen atoms in total. The maximum absolute atomic E-state index is 5.61. The Bertz CT molecular complexity index is 265. The number of allylic oxidation sites excluding steroid dienone is 8. The predicted molar refractivity (Wildman–Crippen MR) is 77.9 cm³/mol. The first-order valence-electron chi connectivity index (χ1n) is 4.67. The van der Waals surface area contributed by atoms with Crippen LogP contribution in [0.25, 0.3) is 0 Å². The highest BCUT2D eigenvalue weighted by atomic mass is 35.5. The van der Waals surface area contributed by atoms with E-state index in [-0.39, 0.29) is 0 Å². The Balaban J connectivity index is 0. The summed E-state index contributed by atoms with van der Waals surface area (Å²) in [7, 11) is 0. The van der Waals surface area contributed by atoms with Gasteiger partial charge in [-0.15, -0.1) is 0 Å². The minimum absolute atomic E-state index is 0.667. The van der Waals surface area contributed by atoms with Gasteiger partial charge >= 0.3 is 0 Å². The first-order chi connectivity index (χ1) is 7.44. The van der Waals surface area contributed by atoms with Gasteiger partial charge < -0.3 is 0 Å². The Hall–Kier alpha value is -0.980. The average Bonchev–Trinajstić information content (AvgIpc) is 2.35. The van der Waals surface area contributed by atoms with E-state index in [2.05, 4.69) is 26.3 Å². The van der Waals surface area contributed by atoms with Crippen molar-refractivity contribution in [2.45, 2.75) is 13.8 Å². The Labute approximate surface area is 109 Å². The minimum Gasteiger partial charge on any atom is -0.0987 e. The standard InChI is InChI=1S/2C7H9Cl/c2*1-4-6(3)7(8)5-2/h2*4-5H,1-2H2,3H3/b2*7-6+. The van der Waals surface area contributed by atoms with Crippen LogP contribution >= 0.6 is 23.2 Å². The van der Waals surface area contributed by atoms with Crippen LogP contribution in [0.4, 0.5) is 0 Å². The van der Waals surface area contributed by atoms with Gasteiger partial charge in [-0.2, -0.15) is 0 Å². The molecule has 88 valence electrons. The van der Waals surface area contributed by atoms with Gasteiger partial charge in [-0.3, -0.25) is 0 Å². The number of hydrogen-bond acceptors (Lipinski definition) is 0. The maximum Gasteiger partial charge on any atom is 0.0429 e. The summed E-state index contributed by atoms with van der Waals surface area (Å²) in [5.74, 6) is 0. The Kier molecular flexibility index (Phi) is 11.5. The van der Waals surface area contributed by atoms with Gasteiger partial charge in [-0.25, -0.2) is 0 Å². The van der Waals surface area contributed by atoms with Gasteiger partial charge in [-0.1, -0.05) is 73.8 Å². The Morgan fingerprint density at radius 2 is 0.938 bits per heavy atom. The summed E-state index contributed by atoms with van der Waals surface area (Å²) in [6.07, 6.45) is 6.59. The van der Waals surface area contributed by atoms with Crippen molar-refractivity contribution in [2.75, 3.05) is 0 Å². The molecule has 0 rings (SSSR count). The van der Waals surface area contributed by atoms with Gasteiger partial charge in [-0.05, 0) is 25.0 Å². The maximum atomic E-state index is 5.61. The summed E-state index contributed by atoms with van der Waals surface area (Å²) >= 11 is 11.2. The van der Waals surface area contributed by atoms with E-state index in [1.54, 1.807) is 24.3 Å². The number of halogens is 2. The molecule has 0 radical (unpaired) electrons. The summed E-state index contributed by atoms with van der Waals surface area (Å²) in [4.78, 5) is 0. The fraction of sp³-hybridized carbons (Fsp3) is 0.143. The van der Waals surface area contributed by atoms with Crippen LogP contribution in [0.5, 0.6) is 0 Å². The molecule has 0 aliphatic carbocycles. The quantitative estimate of drug-likeness (QED) is 0.563. The molecule has 0 saturated carbocycles. The summed E-state index contributed by atoms with van der Waals surface area (Å²) in [6.45, 7) is 17.8. The fourth-order valence-corrected chi connectivity index (χ4v) is 0.671. The lowest BCUT2D eigenvalue weighted by molar-refractivity contribution is 1.51. The first-order valence-corrected chi connectivity index (χ1v) is 5.42. The van der Waals surface area contributed by atoms with Crippen molar-refractivity contribution in [3.63, 3.8) is 0 Å². The van der Waals surface area contributed by atoms with Crippen LogP contribution in [-0.4, -0.2) is 0 Å². The summed E-state index contributed by atoms with van der Waals surface area (Å²) in [6, 6.07) is 0. The smallest absolute Gasteiger partial charge is 0.0429 e. The normalized spacial score (nSPS) is 12.2. The van der Waals surface area contributed by atoms with Gasteiger partial charge in [0.05, 0.1) is 0 Å². The van der Waals surface area contributed by atoms with Crippen LogP contribution in [-0.2, 0) is 0 Å². The molecule has 0 amide bonds. The highest BCUT2D eigenvalue weighted by Crippen LogP contribution is 2.09. The fourth-order valence-electron chi connectivity index (χ4n) is 0.517. The van der Waals surface area contributed by atoms with Gasteiger partial charge in [0.15, 0.2) is 0 Å². The van der Waals surface area contributed by atoms with Crippen LogP contribution in [0, 0.1) is 0 Å². The lowest BCUT2D eigenvalue weighted by Crippen LogP contribution is -1.68. The van der Waals surface area contributed by atoms with Crippen molar-refractivity contribution in [1.29, 1.82) is 0 Å². The van der Waals surface area contributed by atoms with Crippen LogP contribution in [0.15, 0.2) is 71.8 Å². The largest absolute Gasteiger partial charge is 0.0987 e. The summed E-state index contributed by atoms with van der Waals surface area (Å²) < 4.78 is 0. The topological polar surface area (TPSA) is 0 Å². The summed E-state index contributed by atoms with van der Waals surface area (Å²) in [5.41, 5.74) is 1.92. The SMILES string of the molecule is C=C/C(C)=C(/Cl)C=C.C=C/C(C)=C(/Cl)C=C. The zero-order valence-electron chi connectivity index (χ0n) is 9.89. The molecule has 2 heteroatoms. The van der Waals surface area contributed by atoms with E-state index in [1.165, 1.54) is 0 Å². The van der Waals surface area contributed by atoms with E-state index >= 15 is 0 Å². The van der Waals surface area contributed by atoms with Gasteiger partial charge in [0.1, 0.15) is 0 Å². The van der Waals surface area contributed by atoms with Crippen molar-refractivity contribution >= 4 is 23.2 Å². The van der Waals surface area contributed by atoms with E-state index in [4.69, 9.17) is 23.2 Å². The van der Waals surface area contributed by atoms with Gasteiger partial charge in [0.25, 0.3) is 0 Å². The van der Waals surface area contributed by atoms with Crippen molar-refractivity contribution in [3.05, 3.63) is 71.8 Å². The van der Waals surface area contributed by atoms with Gasteiger partial charge in [0, 0.05) is 10.1 Å². The minimum atomic E-state index is 0.667. The van der Waals surface area contributed by atoms with E-state index in [0.717, 1.165) is 11.1 Å². The molecule has 0 aromatic carbocycles. The molecule has 0 aliphatic rings. The third-order valence-corrected chi connectivity index (χ3v) is 2.63.